The van der Waals surface area contributed by atoms with Crippen molar-refractivity contribution in [2.75, 3.05) is 0 Å². The maximum atomic E-state index is 3.75. The topological polar surface area (TPSA) is 12.0 Å². The Bertz CT molecular complexity index is 151. The molecule has 84 valence electrons. The van der Waals surface area contributed by atoms with Gasteiger partial charge in [-0.25, -0.2) is 0 Å². The zero-order valence-corrected chi connectivity index (χ0v) is 10.3. The van der Waals surface area contributed by atoms with Crippen LogP contribution in [-0.2, 0) is 0 Å². The van der Waals surface area contributed by atoms with Crippen LogP contribution in [0.4, 0.5) is 0 Å². The number of hydrogen-bond donors (Lipinski definition) is 1. The molecule has 0 aromatic heterocycles. The van der Waals surface area contributed by atoms with E-state index >= 15 is 0 Å². The molecule has 0 spiro atoms. The maximum Gasteiger partial charge on any atom is 0.00728 e. The molecule has 0 aliphatic carbocycles. The highest BCUT2D eigenvalue weighted by Gasteiger charge is 2.33. The van der Waals surface area contributed by atoms with Crippen molar-refractivity contribution in [2.45, 2.75) is 71.9 Å². The fourth-order valence-electron chi connectivity index (χ4n) is 3.14. The summed E-state index contributed by atoms with van der Waals surface area (Å²) in [5.41, 5.74) is 0. The Kier molecular flexibility index (Phi) is 4.94. The molecule has 1 heteroatoms. The molecule has 1 rings (SSSR count). The second kappa shape index (κ2) is 5.75. The molecule has 0 aromatic carbocycles. The number of rotatable bonds is 5. The summed E-state index contributed by atoms with van der Waals surface area (Å²) in [6.45, 7) is 9.34. The number of hydrogen-bond acceptors (Lipinski definition) is 1. The van der Waals surface area contributed by atoms with Gasteiger partial charge in [0.15, 0.2) is 0 Å². The molecule has 0 saturated carbocycles. The Labute approximate surface area is 89.7 Å². The van der Waals surface area contributed by atoms with Crippen molar-refractivity contribution < 1.29 is 0 Å². The van der Waals surface area contributed by atoms with Crippen LogP contribution in [0.5, 0.6) is 0 Å². The van der Waals surface area contributed by atoms with E-state index in [0.29, 0.717) is 0 Å². The van der Waals surface area contributed by atoms with Crippen LogP contribution in [0.15, 0.2) is 0 Å². The molecule has 1 fully saturated rings. The van der Waals surface area contributed by atoms with Crippen LogP contribution in [0, 0.1) is 11.8 Å². The first-order valence-corrected chi connectivity index (χ1v) is 6.48. The van der Waals surface area contributed by atoms with Crippen LogP contribution in [0.2, 0.25) is 0 Å². The quantitative estimate of drug-likeness (QED) is 0.710. The van der Waals surface area contributed by atoms with E-state index in [1.54, 1.807) is 0 Å². The van der Waals surface area contributed by atoms with Gasteiger partial charge < -0.3 is 5.32 Å². The minimum Gasteiger partial charge on any atom is -0.311 e. The van der Waals surface area contributed by atoms with E-state index in [1.807, 2.05) is 0 Å². The van der Waals surface area contributed by atoms with E-state index in [9.17, 15) is 0 Å². The van der Waals surface area contributed by atoms with Crippen molar-refractivity contribution in [1.29, 1.82) is 0 Å². The highest BCUT2D eigenvalue weighted by molar-refractivity contribution is 4.90. The fourth-order valence-corrected chi connectivity index (χ4v) is 3.14. The van der Waals surface area contributed by atoms with E-state index in [4.69, 9.17) is 0 Å². The Morgan fingerprint density at radius 1 is 1.21 bits per heavy atom. The van der Waals surface area contributed by atoms with Gasteiger partial charge in [-0.2, -0.15) is 0 Å². The molecule has 3 atom stereocenters. The zero-order valence-electron chi connectivity index (χ0n) is 10.3. The molecule has 14 heavy (non-hydrogen) atoms. The standard InChI is InChI=1S/C13H27N/c1-5-8-12-9-13(10(4)14-12)11(6-2)7-3/h10-14H,5-9H2,1-4H3. The lowest BCUT2D eigenvalue weighted by molar-refractivity contribution is 0.291. The molecule has 3 unspecified atom stereocenters. The molecule has 1 N–H and O–H groups in total. The van der Waals surface area contributed by atoms with E-state index in [1.165, 1.54) is 32.1 Å². The molecular weight excluding hydrogens is 170 g/mol. The minimum absolute atomic E-state index is 0.747. The van der Waals surface area contributed by atoms with Crippen molar-refractivity contribution in [2.24, 2.45) is 11.8 Å². The van der Waals surface area contributed by atoms with Crippen LogP contribution < -0.4 is 5.32 Å². The highest BCUT2D eigenvalue weighted by atomic mass is 15.0. The molecule has 1 nitrogen and oxygen atoms in total. The van der Waals surface area contributed by atoms with Gasteiger partial charge in [0.05, 0.1) is 0 Å². The Balaban J connectivity index is 2.46. The van der Waals surface area contributed by atoms with Crippen LogP contribution in [0.3, 0.4) is 0 Å². The van der Waals surface area contributed by atoms with Gasteiger partial charge >= 0.3 is 0 Å². The van der Waals surface area contributed by atoms with E-state index < -0.39 is 0 Å². The second-order valence-electron chi connectivity index (χ2n) is 4.92. The monoisotopic (exact) mass is 197 g/mol. The highest BCUT2D eigenvalue weighted by Crippen LogP contribution is 2.32. The second-order valence-corrected chi connectivity index (χ2v) is 4.92. The third kappa shape index (κ3) is 2.73. The van der Waals surface area contributed by atoms with Gasteiger partial charge in [0.2, 0.25) is 0 Å². The van der Waals surface area contributed by atoms with Gasteiger partial charge in [-0.15, -0.1) is 0 Å². The molecule has 1 aliphatic heterocycles. The summed E-state index contributed by atoms with van der Waals surface area (Å²) in [7, 11) is 0. The SMILES string of the molecule is CCCC1CC(C(CC)CC)C(C)N1. The van der Waals surface area contributed by atoms with Gasteiger partial charge in [0, 0.05) is 12.1 Å². The maximum absolute atomic E-state index is 3.75. The first-order chi connectivity index (χ1) is 6.72. The lowest BCUT2D eigenvalue weighted by Gasteiger charge is -2.23. The lowest BCUT2D eigenvalue weighted by Crippen LogP contribution is -2.30. The van der Waals surface area contributed by atoms with E-state index in [-0.39, 0.29) is 0 Å². The third-order valence-corrected chi connectivity index (χ3v) is 3.99. The largest absolute Gasteiger partial charge is 0.311 e. The van der Waals surface area contributed by atoms with Crippen LogP contribution in [-0.4, -0.2) is 12.1 Å². The molecular formula is C13H27N. The first-order valence-electron chi connectivity index (χ1n) is 6.48. The molecule has 1 saturated heterocycles. The fraction of sp³-hybridized carbons (Fsp3) is 1.00. The lowest BCUT2D eigenvalue weighted by atomic mass is 9.82. The summed E-state index contributed by atoms with van der Waals surface area (Å²) in [5.74, 6) is 1.88. The molecule has 1 heterocycles. The predicted molar refractivity (Wildman–Crippen MR) is 63.5 cm³/mol. The summed E-state index contributed by atoms with van der Waals surface area (Å²) in [6.07, 6.45) is 6.81. The Morgan fingerprint density at radius 3 is 2.36 bits per heavy atom. The Hall–Kier alpha value is -0.0400. The van der Waals surface area contributed by atoms with E-state index in [0.717, 1.165) is 23.9 Å². The zero-order chi connectivity index (χ0) is 10.6. The Morgan fingerprint density at radius 2 is 1.86 bits per heavy atom. The van der Waals surface area contributed by atoms with Gasteiger partial charge in [-0.3, -0.25) is 0 Å². The average molecular weight is 197 g/mol. The van der Waals surface area contributed by atoms with Crippen molar-refractivity contribution in [3.63, 3.8) is 0 Å². The van der Waals surface area contributed by atoms with Crippen molar-refractivity contribution >= 4 is 0 Å². The molecule has 0 aromatic rings. The number of nitrogens with one attached hydrogen (secondary N) is 1. The smallest absolute Gasteiger partial charge is 0.00728 e. The minimum atomic E-state index is 0.747. The van der Waals surface area contributed by atoms with E-state index in [2.05, 4.69) is 33.0 Å². The van der Waals surface area contributed by atoms with Gasteiger partial charge in [-0.05, 0) is 31.6 Å². The summed E-state index contributed by atoms with van der Waals surface area (Å²) < 4.78 is 0. The average Bonchev–Trinajstić information content (AvgIpc) is 2.51. The van der Waals surface area contributed by atoms with Crippen LogP contribution in [0.25, 0.3) is 0 Å². The van der Waals surface area contributed by atoms with Crippen LogP contribution in [0.1, 0.15) is 59.8 Å². The molecule has 1 aliphatic rings. The first kappa shape index (κ1) is 12.0. The summed E-state index contributed by atoms with van der Waals surface area (Å²) >= 11 is 0. The summed E-state index contributed by atoms with van der Waals surface area (Å²) in [6, 6.07) is 1.55. The third-order valence-electron chi connectivity index (χ3n) is 3.99. The molecule has 0 bridgehead atoms. The van der Waals surface area contributed by atoms with Crippen LogP contribution >= 0.6 is 0 Å². The van der Waals surface area contributed by atoms with Crippen molar-refractivity contribution in [3.05, 3.63) is 0 Å². The van der Waals surface area contributed by atoms with Gasteiger partial charge in [0.25, 0.3) is 0 Å². The van der Waals surface area contributed by atoms with Crippen molar-refractivity contribution in [3.8, 4) is 0 Å². The van der Waals surface area contributed by atoms with Crippen molar-refractivity contribution in [1.82, 2.24) is 5.32 Å². The predicted octanol–water partition coefficient (Wildman–Crippen LogP) is 3.59. The molecule has 0 radical (unpaired) electrons. The summed E-state index contributed by atoms with van der Waals surface area (Å²) in [4.78, 5) is 0. The molecule has 0 amide bonds. The van der Waals surface area contributed by atoms with Gasteiger partial charge in [0.1, 0.15) is 0 Å². The van der Waals surface area contributed by atoms with Gasteiger partial charge in [-0.1, -0.05) is 40.0 Å². The normalized spacial score (nSPS) is 32.8. The summed E-state index contributed by atoms with van der Waals surface area (Å²) in [5, 5.41) is 3.75.